The van der Waals surface area contributed by atoms with Gasteiger partial charge in [-0.1, -0.05) is 12.1 Å². The van der Waals surface area contributed by atoms with Crippen LogP contribution in [0, 0.1) is 0 Å². The Morgan fingerprint density at radius 3 is 2.55 bits per heavy atom. The molecule has 0 bridgehead atoms. The fourth-order valence-electron chi connectivity index (χ4n) is 5.75. The van der Waals surface area contributed by atoms with Crippen molar-refractivity contribution in [1.82, 2.24) is 0 Å². The Balaban J connectivity index is 1.52. The van der Waals surface area contributed by atoms with Crippen LogP contribution >= 0.6 is 0 Å². The maximum atomic E-state index is 13.6. The van der Waals surface area contributed by atoms with Gasteiger partial charge in [-0.2, -0.15) is 0 Å². The summed E-state index contributed by atoms with van der Waals surface area (Å²) in [5.74, 6) is -3.64. The molecule has 4 aliphatic rings. The Morgan fingerprint density at radius 2 is 1.87 bits per heavy atom. The number of phenols is 2. The Morgan fingerprint density at radius 1 is 1.13 bits per heavy atom. The van der Waals surface area contributed by atoms with Crippen LogP contribution in [0.1, 0.15) is 61.9 Å². The van der Waals surface area contributed by atoms with Crippen molar-refractivity contribution in [3.05, 3.63) is 51.6 Å². The molecule has 38 heavy (non-hydrogen) atoms. The van der Waals surface area contributed by atoms with E-state index in [9.17, 15) is 34.8 Å². The zero-order chi connectivity index (χ0) is 27.1. The van der Waals surface area contributed by atoms with Gasteiger partial charge in [-0.3, -0.25) is 14.4 Å². The Bertz CT molecular complexity index is 1400. The fourth-order valence-corrected chi connectivity index (χ4v) is 5.75. The second-order valence-corrected chi connectivity index (χ2v) is 9.93. The van der Waals surface area contributed by atoms with E-state index < -0.39 is 89.8 Å². The Kier molecular flexibility index (Phi) is 5.61. The molecule has 2 heterocycles. The summed E-state index contributed by atoms with van der Waals surface area (Å²) in [5, 5.41) is 43.5. The number of phenolic OH excluding ortho intramolecular Hbond substituents is 2. The van der Waals surface area contributed by atoms with Gasteiger partial charge in [0.15, 0.2) is 24.1 Å². The van der Waals surface area contributed by atoms with Gasteiger partial charge in [-0.05, 0) is 6.07 Å². The van der Waals surface area contributed by atoms with E-state index in [4.69, 9.17) is 24.7 Å². The van der Waals surface area contributed by atoms with Gasteiger partial charge < -0.3 is 45.1 Å². The maximum absolute atomic E-state index is 13.6. The van der Waals surface area contributed by atoms with Crippen molar-refractivity contribution in [3.8, 4) is 17.2 Å². The number of aliphatic hydroxyl groups is 2. The minimum atomic E-state index is -2.21. The highest BCUT2D eigenvalue weighted by molar-refractivity contribution is 6.31. The standard InChI is InChI=1S/C26H25NO11/c1-35-12-4-2-3-9-16(12)22(32)19-18(20(9)30)21(31)10-6-26(34,14(29)8-28)7-13(17(10)23(19)33)36-15-5-11(27)24-25(37-15)38-24/h2-4,11,13,15,24-25,28,31,33-34H,5-8,27H2,1H3. The van der Waals surface area contributed by atoms with Crippen LogP contribution in [0.15, 0.2) is 18.2 Å². The molecule has 0 saturated carbocycles. The lowest BCUT2D eigenvalue weighted by atomic mass is 9.72. The summed E-state index contributed by atoms with van der Waals surface area (Å²) < 4.78 is 22.3. The van der Waals surface area contributed by atoms with E-state index in [0.717, 1.165) is 0 Å². The van der Waals surface area contributed by atoms with E-state index in [0.29, 0.717) is 0 Å². The monoisotopic (exact) mass is 527 g/mol. The van der Waals surface area contributed by atoms with Crippen molar-refractivity contribution < 1.29 is 53.8 Å². The molecule has 0 spiro atoms. The van der Waals surface area contributed by atoms with E-state index in [1.807, 2.05) is 0 Å². The first-order chi connectivity index (χ1) is 18.1. The molecule has 12 nitrogen and oxygen atoms in total. The molecule has 0 amide bonds. The minimum Gasteiger partial charge on any atom is -0.507 e. The van der Waals surface area contributed by atoms with E-state index in [1.165, 1.54) is 25.3 Å². The summed E-state index contributed by atoms with van der Waals surface area (Å²) >= 11 is 0. The van der Waals surface area contributed by atoms with Crippen LogP contribution in [-0.2, 0) is 25.4 Å². The van der Waals surface area contributed by atoms with Gasteiger partial charge in [-0.15, -0.1) is 0 Å². The van der Waals surface area contributed by atoms with Gasteiger partial charge in [0.05, 0.1) is 29.9 Å². The number of carbonyl (C=O) groups is 3. The van der Waals surface area contributed by atoms with Gasteiger partial charge >= 0.3 is 0 Å². The molecule has 200 valence electrons. The Labute approximate surface area is 215 Å². The highest BCUT2D eigenvalue weighted by Crippen LogP contribution is 2.52. The minimum absolute atomic E-state index is 0.0367. The molecule has 2 aliphatic carbocycles. The van der Waals surface area contributed by atoms with Gasteiger partial charge in [0.1, 0.15) is 35.6 Å². The van der Waals surface area contributed by atoms with Crippen molar-refractivity contribution >= 4 is 17.3 Å². The zero-order valence-corrected chi connectivity index (χ0v) is 20.2. The average molecular weight is 527 g/mol. The van der Waals surface area contributed by atoms with Crippen molar-refractivity contribution in [3.63, 3.8) is 0 Å². The number of hydrogen-bond donors (Lipinski definition) is 5. The molecular weight excluding hydrogens is 502 g/mol. The summed E-state index contributed by atoms with van der Waals surface area (Å²) in [6.07, 6.45) is -3.89. The first-order valence-corrected chi connectivity index (χ1v) is 12.0. The molecule has 6 rings (SSSR count). The van der Waals surface area contributed by atoms with Gasteiger partial charge in [0.25, 0.3) is 0 Å². The Hall–Kier alpha value is -3.39. The summed E-state index contributed by atoms with van der Waals surface area (Å²) in [6.45, 7) is -0.997. The number of ketones is 3. The third-order valence-corrected chi connectivity index (χ3v) is 7.71. The smallest absolute Gasteiger partial charge is 0.202 e. The van der Waals surface area contributed by atoms with E-state index in [-0.39, 0.29) is 40.5 Å². The lowest BCUT2D eigenvalue weighted by Gasteiger charge is -2.40. The lowest BCUT2D eigenvalue weighted by Crippen LogP contribution is -2.48. The number of benzene rings is 2. The van der Waals surface area contributed by atoms with Crippen LogP contribution in [0.2, 0.25) is 0 Å². The van der Waals surface area contributed by atoms with Crippen LogP contribution in [0.5, 0.6) is 17.2 Å². The van der Waals surface area contributed by atoms with Crippen LogP contribution in [-0.4, -0.2) is 81.8 Å². The molecule has 2 aliphatic heterocycles. The molecule has 6 N–H and O–H groups in total. The highest BCUT2D eigenvalue weighted by atomic mass is 16.8. The normalized spacial score (nSPS) is 31.1. The molecule has 0 radical (unpaired) electrons. The molecule has 0 aromatic heterocycles. The van der Waals surface area contributed by atoms with Crippen LogP contribution in [0.3, 0.4) is 0 Å². The van der Waals surface area contributed by atoms with Crippen molar-refractivity contribution in [2.24, 2.45) is 5.73 Å². The highest BCUT2D eigenvalue weighted by Gasteiger charge is 2.53. The first-order valence-electron chi connectivity index (χ1n) is 12.0. The fraction of sp³-hybridized carbons (Fsp3) is 0.423. The molecule has 2 aromatic carbocycles. The number of ether oxygens (including phenoxy) is 4. The van der Waals surface area contributed by atoms with Gasteiger partial charge in [0, 0.05) is 42.0 Å². The number of hydrogen-bond acceptors (Lipinski definition) is 12. The summed E-state index contributed by atoms with van der Waals surface area (Å²) in [6, 6.07) is 3.99. The van der Waals surface area contributed by atoms with Crippen LogP contribution in [0.4, 0.5) is 0 Å². The average Bonchev–Trinajstić information content (AvgIpc) is 3.68. The molecular formula is C26H25NO11. The summed E-state index contributed by atoms with van der Waals surface area (Å²) in [5.41, 5.74) is 2.63. The molecule has 6 unspecified atom stereocenters. The lowest BCUT2D eigenvalue weighted by molar-refractivity contribution is -0.215. The quantitative estimate of drug-likeness (QED) is 0.220. The van der Waals surface area contributed by atoms with Crippen molar-refractivity contribution in [1.29, 1.82) is 0 Å². The number of carbonyl (C=O) groups excluding carboxylic acids is 3. The number of fused-ring (bicyclic) bond motifs is 4. The number of aromatic hydroxyl groups is 2. The number of epoxide rings is 1. The topological polar surface area (TPSA) is 198 Å². The number of methoxy groups -OCH3 is 1. The second kappa shape index (κ2) is 8.56. The first kappa shape index (κ1) is 24.9. The van der Waals surface area contributed by atoms with Gasteiger partial charge in [-0.25, -0.2) is 0 Å². The number of aliphatic hydroxyl groups excluding tert-OH is 1. The second-order valence-electron chi connectivity index (χ2n) is 9.93. The number of nitrogens with two attached hydrogens (primary N) is 1. The van der Waals surface area contributed by atoms with Crippen LogP contribution in [0.25, 0.3) is 0 Å². The van der Waals surface area contributed by atoms with Crippen LogP contribution < -0.4 is 10.5 Å². The number of Topliss-reactive ketones (excluding diaryl/α,β-unsaturated/α-hetero) is 1. The molecule has 2 saturated heterocycles. The molecule has 2 fully saturated rings. The predicted octanol–water partition coefficient (Wildman–Crippen LogP) is -0.0232. The van der Waals surface area contributed by atoms with Crippen molar-refractivity contribution in [2.45, 2.75) is 55.7 Å². The largest absolute Gasteiger partial charge is 0.507 e. The number of rotatable bonds is 5. The summed E-state index contributed by atoms with van der Waals surface area (Å²) in [4.78, 5) is 39.7. The van der Waals surface area contributed by atoms with E-state index in [1.54, 1.807) is 0 Å². The maximum Gasteiger partial charge on any atom is 0.202 e. The zero-order valence-electron chi connectivity index (χ0n) is 20.2. The SMILES string of the molecule is COc1cccc2c1C(=O)c1c(O)c3c(c(O)c1C2=O)CC(O)(C(=O)CO)CC3OC1CC(N)C2OC2O1. The van der Waals surface area contributed by atoms with E-state index >= 15 is 0 Å². The predicted molar refractivity (Wildman–Crippen MR) is 125 cm³/mol. The third kappa shape index (κ3) is 3.49. The van der Waals surface area contributed by atoms with Gasteiger partial charge in [0.2, 0.25) is 5.78 Å². The molecule has 6 atom stereocenters. The summed E-state index contributed by atoms with van der Waals surface area (Å²) in [7, 11) is 1.33. The molecule has 2 aromatic rings. The molecule has 12 heteroatoms. The van der Waals surface area contributed by atoms with Crippen molar-refractivity contribution in [2.75, 3.05) is 13.7 Å². The third-order valence-electron chi connectivity index (χ3n) is 7.71. The van der Waals surface area contributed by atoms with E-state index in [2.05, 4.69) is 0 Å².